The van der Waals surface area contributed by atoms with Crippen LogP contribution < -0.4 is 5.73 Å². The first-order chi connectivity index (χ1) is 9.47. The third kappa shape index (κ3) is 3.56. The first-order valence-electron chi connectivity index (χ1n) is 5.87. The highest BCUT2D eigenvalue weighted by molar-refractivity contribution is 7.80. The Morgan fingerprint density at radius 2 is 2.15 bits per heavy atom. The van der Waals surface area contributed by atoms with Gasteiger partial charge in [-0.15, -0.1) is 11.3 Å². The van der Waals surface area contributed by atoms with Crippen LogP contribution in [-0.2, 0) is 6.54 Å². The lowest BCUT2D eigenvalue weighted by atomic mass is 10.1. The number of thiophene rings is 1. The predicted molar refractivity (Wildman–Crippen MR) is 87.5 cm³/mol. The number of halogens is 1. The summed E-state index contributed by atoms with van der Waals surface area (Å²) in [6.07, 6.45) is 0. The van der Waals surface area contributed by atoms with Crippen LogP contribution >= 0.6 is 35.2 Å². The highest BCUT2D eigenvalue weighted by Crippen LogP contribution is 2.23. The Hall–Kier alpha value is -1.43. The van der Waals surface area contributed by atoms with E-state index in [2.05, 4.69) is 0 Å². The number of hydrogen-bond acceptors (Lipinski definition) is 3. The molecule has 1 aromatic heterocycles. The van der Waals surface area contributed by atoms with Crippen LogP contribution in [0.15, 0.2) is 36.4 Å². The van der Waals surface area contributed by atoms with E-state index in [0.29, 0.717) is 20.7 Å². The first-order valence-corrected chi connectivity index (χ1v) is 7.47. The molecule has 2 rings (SSSR count). The van der Waals surface area contributed by atoms with Crippen molar-refractivity contribution in [3.05, 3.63) is 56.7 Å². The maximum absolute atomic E-state index is 12.2. The molecule has 0 atom stereocenters. The van der Waals surface area contributed by atoms with Crippen LogP contribution in [0.5, 0.6) is 0 Å². The lowest BCUT2D eigenvalue weighted by Gasteiger charge is -2.16. The van der Waals surface area contributed by atoms with Gasteiger partial charge in [0, 0.05) is 19.2 Å². The predicted octanol–water partition coefficient (Wildman–Crippen LogP) is 3.31. The van der Waals surface area contributed by atoms with Crippen molar-refractivity contribution in [1.82, 2.24) is 4.90 Å². The number of amides is 1. The molecule has 1 amide bonds. The molecule has 104 valence electrons. The Morgan fingerprint density at radius 3 is 2.75 bits per heavy atom. The fraction of sp³-hybridized carbons (Fsp3) is 0.143. The van der Waals surface area contributed by atoms with Crippen LogP contribution in [0.2, 0.25) is 4.34 Å². The summed E-state index contributed by atoms with van der Waals surface area (Å²) in [6.45, 7) is 0.491. The zero-order valence-electron chi connectivity index (χ0n) is 10.8. The van der Waals surface area contributed by atoms with E-state index in [-0.39, 0.29) is 5.91 Å². The fourth-order valence-electron chi connectivity index (χ4n) is 1.79. The quantitative estimate of drug-likeness (QED) is 0.878. The van der Waals surface area contributed by atoms with Crippen molar-refractivity contribution >= 4 is 46.1 Å². The van der Waals surface area contributed by atoms with E-state index in [1.165, 1.54) is 11.3 Å². The molecule has 0 saturated heterocycles. The molecule has 0 saturated carbocycles. The lowest BCUT2D eigenvalue weighted by molar-refractivity contribution is 0.0790. The number of nitrogens with zero attached hydrogens (tertiary/aromatic N) is 1. The van der Waals surface area contributed by atoms with Gasteiger partial charge < -0.3 is 10.6 Å². The largest absolute Gasteiger partial charge is 0.389 e. The van der Waals surface area contributed by atoms with Gasteiger partial charge in [0.25, 0.3) is 5.91 Å². The molecule has 0 fully saturated rings. The SMILES string of the molecule is CN(Cc1cccc(C(N)=S)c1)C(=O)c1ccc(Cl)s1. The van der Waals surface area contributed by atoms with Crippen LogP contribution in [0.4, 0.5) is 0 Å². The van der Waals surface area contributed by atoms with Crippen molar-refractivity contribution in [1.29, 1.82) is 0 Å². The summed E-state index contributed by atoms with van der Waals surface area (Å²) in [5.41, 5.74) is 7.39. The van der Waals surface area contributed by atoms with Gasteiger partial charge in [-0.05, 0) is 23.8 Å². The van der Waals surface area contributed by atoms with Crippen LogP contribution in [0, 0.1) is 0 Å². The van der Waals surface area contributed by atoms with Gasteiger partial charge in [-0.1, -0.05) is 42.0 Å². The Bertz CT molecular complexity index is 654. The number of thiocarbonyl (C=S) groups is 1. The molecule has 6 heteroatoms. The molecular weight excluding hydrogens is 312 g/mol. The van der Waals surface area contributed by atoms with Crippen molar-refractivity contribution in [2.45, 2.75) is 6.54 Å². The van der Waals surface area contributed by atoms with Gasteiger partial charge in [-0.25, -0.2) is 0 Å². The minimum absolute atomic E-state index is 0.0531. The molecule has 0 aliphatic carbocycles. The van der Waals surface area contributed by atoms with Crippen molar-refractivity contribution in [2.75, 3.05) is 7.05 Å². The smallest absolute Gasteiger partial charge is 0.264 e. The highest BCUT2D eigenvalue weighted by atomic mass is 35.5. The number of rotatable bonds is 4. The molecular formula is C14H13ClN2OS2. The molecule has 0 bridgehead atoms. The number of hydrogen-bond donors (Lipinski definition) is 1. The second-order valence-corrected chi connectivity index (χ2v) is 6.48. The maximum Gasteiger partial charge on any atom is 0.264 e. The van der Waals surface area contributed by atoms with Crippen molar-refractivity contribution in [3.8, 4) is 0 Å². The van der Waals surface area contributed by atoms with Crippen molar-refractivity contribution < 1.29 is 4.79 Å². The molecule has 2 N–H and O–H groups in total. The van der Waals surface area contributed by atoms with E-state index in [1.807, 2.05) is 24.3 Å². The standard InChI is InChI=1S/C14H13ClN2OS2/c1-17(14(18)11-5-6-12(15)20-11)8-9-3-2-4-10(7-9)13(16)19/h2-7H,8H2,1H3,(H2,16,19). The molecule has 1 heterocycles. The van der Waals surface area contributed by atoms with Gasteiger partial charge in [0.15, 0.2) is 0 Å². The minimum Gasteiger partial charge on any atom is -0.389 e. The van der Waals surface area contributed by atoms with Crippen molar-refractivity contribution in [2.24, 2.45) is 5.73 Å². The molecule has 20 heavy (non-hydrogen) atoms. The highest BCUT2D eigenvalue weighted by Gasteiger charge is 2.14. The normalized spacial score (nSPS) is 10.3. The zero-order chi connectivity index (χ0) is 14.7. The van der Waals surface area contributed by atoms with Gasteiger partial charge in [0.05, 0.1) is 9.21 Å². The Balaban J connectivity index is 2.11. The third-order valence-electron chi connectivity index (χ3n) is 2.76. The van der Waals surface area contributed by atoms with Crippen LogP contribution in [-0.4, -0.2) is 22.8 Å². The van der Waals surface area contributed by atoms with Crippen LogP contribution in [0.25, 0.3) is 0 Å². The van der Waals surface area contributed by atoms with E-state index >= 15 is 0 Å². The second kappa shape index (κ2) is 6.35. The second-order valence-electron chi connectivity index (χ2n) is 4.33. The number of benzene rings is 1. The van der Waals surface area contributed by atoms with Crippen LogP contribution in [0.3, 0.4) is 0 Å². The summed E-state index contributed by atoms with van der Waals surface area (Å²) in [5, 5.41) is 0. The molecule has 2 aromatic rings. The molecule has 1 aromatic carbocycles. The lowest BCUT2D eigenvalue weighted by Crippen LogP contribution is -2.25. The zero-order valence-corrected chi connectivity index (χ0v) is 13.2. The molecule has 0 spiro atoms. The van der Waals surface area contributed by atoms with Crippen LogP contribution in [0.1, 0.15) is 20.8 Å². The molecule has 3 nitrogen and oxygen atoms in total. The minimum atomic E-state index is -0.0531. The summed E-state index contributed by atoms with van der Waals surface area (Å²) in [5.74, 6) is -0.0531. The maximum atomic E-state index is 12.2. The number of carbonyl (C=O) groups excluding carboxylic acids is 1. The third-order valence-corrected chi connectivity index (χ3v) is 4.22. The van der Waals surface area contributed by atoms with E-state index < -0.39 is 0 Å². The van der Waals surface area contributed by atoms with E-state index in [1.54, 1.807) is 24.1 Å². The fourth-order valence-corrected chi connectivity index (χ4v) is 2.95. The average Bonchev–Trinajstić information content (AvgIpc) is 2.84. The summed E-state index contributed by atoms with van der Waals surface area (Å²) >= 11 is 12.1. The van der Waals surface area contributed by atoms with Gasteiger partial charge in [0.2, 0.25) is 0 Å². The summed E-state index contributed by atoms with van der Waals surface area (Å²) in [7, 11) is 1.75. The average molecular weight is 325 g/mol. The summed E-state index contributed by atoms with van der Waals surface area (Å²) < 4.78 is 0.609. The number of nitrogens with two attached hydrogens (primary N) is 1. The van der Waals surface area contributed by atoms with E-state index in [4.69, 9.17) is 29.6 Å². The Kier molecular flexibility index (Phi) is 4.75. The van der Waals surface area contributed by atoms with Crippen molar-refractivity contribution in [3.63, 3.8) is 0 Å². The first kappa shape index (κ1) is 15.0. The van der Waals surface area contributed by atoms with E-state index in [9.17, 15) is 4.79 Å². The van der Waals surface area contributed by atoms with Gasteiger partial charge in [-0.3, -0.25) is 4.79 Å². The molecule has 0 aliphatic rings. The molecule has 0 aliphatic heterocycles. The van der Waals surface area contributed by atoms with E-state index in [0.717, 1.165) is 11.1 Å². The molecule has 0 unspecified atom stereocenters. The Labute approximate surface area is 132 Å². The number of carbonyl (C=O) groups is 1. The monoisotopic (exact) mass is 324 g/mol. The topological polar surface area (TPSA) is 46.3 Å². The summed E-state index contributed by atoms with van der Waals surface area (Å²) in [6, 6.07) is 11.0. The Morgan fingerprint density at radius 1 is 1.40 bits per heavy atom. The molecule has 0 radical (unpaired) electrons. The van der Waals surface area contributed by atoms with Gasteiger partial charge in [0.1, 0.15) is 4.99 Å². The summed E-state index contributed by atoms with van der Waals surface area (Å²) in [4.78, 5) is 14.8. The van der Waals surface area contributed by atoms with Gasteiger partial charge in [-0.2, -0.15) is 0 Å². The van der Waals surface area contributed by atoms with Gasteiger partial charge >= 0.3 is 0 Å².